The summed E-state index contributed by atoms with van der Waals surface area (Å²) in [6, 6.07) is 9.71. The molecule has 1 aromatic carbocycles. The standard InChI is InChI=1S/C18H21N3O3/c1-23-9-8-20-16-6-2-12-10-14(4-5-15(12)16)24-17-7-3-13(11-21-17)18(19)22/h3-5,7,10-11,16,20H,2,6,8-9H2,1H3,(H2,19,22). The SMILES string of the molecule is COCCNC1CCc2cc(Oc3ccc(C(N)=O)cn3)ccc21. The van der Waals surface area contributed by atoms with Gasteiger partial charge in [-0.3, -0.25) is 4.79 Å². The van der Waals surface area contributed by atoms with Crippen molar-refractivity contribution >= 4 is 5.91 Å². The summed E-state index contributed by atoms with van der Waals surface area (Å²) in [7, 11) is 1.71. The van der Waals surface area contributed by atoms with Crippen molar-refractivity contribution in [3.8, 4) is 11.6 Å². The first kappa shape index (κ1) is 16.4. The van der Waals surface area contributed by atoms with Crippen molar-refractivity contribution in [3.63, 3.8) is 0 Å². The smallest absolute Gasteiger partial charge is 0.250 e. The topological polar surface area (TPSA) is 86.5 Å². The molecule has 1 amide bonds. The third-order valence-corrected chi connectivity index (χ3v) is 4.13. The van der Waals surface area contributed by atoms with Crippen LogP contribution in [0.4, 0.5) is 0 Å². The number of carbonyl (C=O) groups excluding carboxylic acids is 1. The van der Waals surface area contributed by atoms with Crippen molar-refractivity contribution in [2.45, 2.75) is 18.9 Å². The van der Waals surface area contributed by atoms with E-state index in [0.29, 0.717) is 24.1 Å². The van der Waals surface area contributed by atoms with E-state index in [1.807, 2.05) is 6.07 Å². The van der Waals surface area contributed by atoms with E-state index in [-0.39, 0.29) is 0 Å². The number of hydrogen-bond donors (Lipinski definition) is 2. The second-order valence-corrected chi connectivity index (χ2v) is 5.75. The number of aromatic nitrogens is 1. The highest BCUT2D eigenvalue weighted by Gasteiger charge is 2.22. The van der Waals surface area contributed by atoms with Crippen LogP contribution in [-0.2, 0) is 11.2 Å². The number of benzene rings is 1. The maximum absolute atomic E-state index is 11.1. The Balaban J connectivity index is 1.67. The first-order chi connectivity index (χ1) is 11.7. The van der Waals surface area contributed by atoms with Crippen LogP contribution in [0.25, 0.3) is 0 Å². The van der Waals surface area contributed by atoms with E-state index in [9.17, 15) is 4.79 Å². The number of amides is 1. The van der Waals surface area contributed by atoms with Crippen molar-refractivity contribution in [1.82, 2.24) is 10.3 Å². The molecule has 0 bridgehead atoms. The van der Waals surface area contributed by atoms with Gasteiger partial charge < -0.3 is 20.5 Å². The summed E-state index contributed by atoms with van der Waals surface area (Å²) in [6.07, 6.45) is 3.51. The lowest BCUT2D eigenvalue weighted by molar-refractivity contribution is 0.1000. The third-order valence-electron chi connectivity index (χ3n) is 4.13. The molecule has 0 radical (unpaired) electrons. The maximum atomic E-state index is 11.1. The number of nitrogens with zero attached hydrogens (tertiary/aromatic N) is 1. The summed E-state index contributed by atoms with van der Waals surface area (Å²) in [6.45, 7) is 1.55. The zero-order chi connectivity index (χ0) is 16.9. The van der Waals surface area contributed by atoms with Gasteiger partial charge in [-0.2, -0.15) is 0 Å². The first-order valence-corrected chi connectivity index (χ1v) is 7.96. The fourth-order valence-electron chi connectivity index (χ4n) is 2.91. The molecule has 0 fully saturated rings. The van der Waals surface area contributed by atoms with Crippen molar-refractivity contribution in [1.29, 1.82) is 0 Å². The minimum atomic E-state index is -0.501. The average Bonchev–Trinajstić information content (AvgIpc) is 2.98. The van der Waals surface area contributed by atoms with Crippen molar-refractivity contribution in [2.24, 2.45) is 5.73 Å². The number of methoxy groups -OCH3 is 1. The van der Waals surface area contributed by atoms with Crippen LogP contribution in [0.5, 0.6) is 11.6 Å². The summed E-state index contributed by atoms with van der Waals surface area (Å²) in [5, 5.41) is 3.50. The van der Waals surface area contributed by atoms with Crippen LogP contribution in [0.3, 0.4) is 0 Å². The molecule has 3 rings (SSSR count). The summed E-state index contributed by atoms with van der Waals surface area (Å²) in [5.41, 5.74) is 8.17. The van der Waals surface area contributed by atoms with Crippen LogP contribution in [0, 0.1) is 0 Å². The lowest BCUT2D eigenvalue weighted by atomic mass is 10.1. The number of nitrogens with two attached hydrogens (primary N) is 1. The van der Waals surface area contributed by atoms with Crippen LogP contribution in [0.1, 0.15) is 33.9 Å². The molecule has 0 saturated carbocycles. The van der Waals surface area contributed by atoms with Crippen LogP contribution < -0.4 is 15.8 Å². The summed E-state index contributed by atoms with van der Waals surface area (Å²) >= 11 is 0. The number of primary amides is 1. The Labute approximate surface area is 141 Å². The van der Waals surface area contributed by atoms with E-state index in [2.05, 4.69) is 22.4 Å². The van der Waals surface area contributed by atoms with Gasteiger partial charge >= 0.3 is 0 Å². The molecule has 1 aliphatic carbocycles. The van der Waals surface area contributed by atoms with Gasteiger partial charge in [-0.1, -0.05) is 6.07 Å². The molecule has 1 unspecified atom stereocenters. The molecule has 0 spiro atoms. The Bertz CT molecular complexity index is 716. The van der Waals surface area contributed by atoms with Crippen molar-refractivity contribution in [2.75, 3.05) is 20.3 Å². The second-order valence-electron chi connectivity index (χ2n) is 5.75. The van der Waals surface area contributed by atoms with Crippen LogP contribution in [-0.4, -0.2) is 31.2 Å². The summed E-state index contributed by atoms with van der Waals surface area (Å²) in [4.78, 5) is 15.2. The molecule has 2 aromatic rings. The van der Waals surface area contributed by atoms with Gasteiger partial charge in [-0.25, -0.2) is 4.98 Å². The van der Waals surface area contributed by atoms with Gasteiger partial charge in [0.15, 0.2) is 0 Å². The number of carbonyl (C=O) groups is 1. The Morgan fingerprint density at radius 2 is 2.25 bits per heavy atom. The number of fused-ring (bicyclic) bond motifs is 1. The van der Waals surface area contributed by atoms with E-state index in [0.717, 1.165) is 25.1 Å². The molecule has 3 N–H and O–H groups in total. The number of rotatable bonds is 7. The Morgan fingerprint density at radius 1 is 1.38 bits per heavy atom. The maximum Gasteiger partial charge on any atom is 0.250 e. The predicted octanol–water partition coefficient (Wildman–Crippen LogP) is 2.20. The lowest BCUT2D eigenvalue weighted by Crippen LogP contribution is -2.23. The van der Waals surface area contributed by atoms with Gasteiger partial charge in [0, 0.05) is 32.0 Å². The van der Waals surface area contributed by atoms with E-state index in [1.54, 1.807) is 19.2 Å². The Hall–Kier alpha value is -2.44. The third kappa shape index (κ3) is 3.72. The quantitative estimate of drug-likeness (QED) is 0.761. The highest BCUT2D eigenvalue weighted by Crippen LogP contribution is 2.34. The highest BCUT2D eigenvalue weighted by atomic mass is 16.5. The lowest BCUT2D eigenvalue weighted by Gasteiger charge is -2.14. The van der Waals surface area contributed by atoms with Gasteiger partial charge in [0.2, 0.25) is 11.8 Å². The van der Waals surface area contributed by atoms with Crippen LogP contribution in [0.15, 0.2) is 36.5 Å². The first-order valence-electron chi connectivity index (χ1n) is 7.96. The Kier molecular flexibility index (Phi) is 5.08. The minimum absolute atomic E-state index is 0.362. The van der Waals surface area contributed by atoms with Gasteiger partial charge in [-0.15, -0.1) is 0 Å². The fraction of sp³-hybridized carbons (Fsp3) is 0.333. The minimum Gasteiger partial charge on any atom is -0.439 e. The molecular weight excluding hydrogens is 306 g/mol. The van der Waals surface area contributed by atoms with Crippen molar-refractivity contribution in [3.05, 3.63) is 53.2 Å². The molecular formula is C18H21N3O3. The fourth-order valence-corrected chi connectivity index (χ4v) is 2.91. The zero-order valence-corrected chi connectivity index (χ0v) is 13.6. The predicted molar refractivity (Wildman–Crippen MR) is 90.2 cm³/mol. The number of hydrogen-bond acceptors (Lipinski definition) is 5. The number of aryl methyl sites for hydroxylation is 1. The summed E-state index contributed by atoms with van der Waals surface area (Å²) < 4.78 is 10.8. The average molecular weight is 327 g/mol. The largest absolute Gasteiger partial charge is 0.439 e. The zero-order valence-electron chi connectivity index (χ0n) is 13.6. The van der Waals surface area contributed by atoms with Gasteiger partial charge in [0.1, 0.15) is 5.75 Å². The molecule has 1 aromatic heterocycles. The molecule has 1 aliphatic rings. The van der Waals surface area contributed by atoms with Crippen LogP contribution >= 0.6 is 0 Å². The van der Waals surface area contributed by atoms with Crippen molar-refractivity contribution < 1.29 is 14.3 Å². The molecule has 0 saturated heterocycles. The molecule has 1 heterocycles. The number of nitrogens with one attached hydrogen (secondary N) is 1. The number of ether oxygens (including phenoxy) is 2. The van der Waals surface area contributed by atoms with E-state index in [4.69, 9.17) is 15.2 Å². The Morgan fingerprint density at radius 3 is 2.96 bits per heavy atom. The van der Waals surface area contributed by atoms with Gasteiger partial charge in [0.05, 0.1) is 12.2 Å². The molecule has 6 nitrogen and oxygen atoms in total. The van der Waals surface area contributed by atoms with E-state index < -0.39 is 5.91 Å². The molecule has 24 heavy (non-hydrogen) atoms. The highest BCUT2D eigenvalue weighted by molar-refractivity contribution is 5.92. The molecule has 6 heteroatoms. The molecule has 126 valence electrons. The molecule has 0 aliphatic heterocycles. The second kappa shape index (κ2) is 7.42. The molecule has 1 atom stereocenters. The van der Waals surface area contributed by atoms with E-state index in [1.165, 1.54) is 17.3 Å². The van der Waals surface area contributed by atoms with Gasteiger partial charge in [0.25, 0.3) is 0 Å². The van der Waals surface area contributed by atoms with E-state index >= 15 is 0 Å². The monoisotopic (exact) mass is 327 g/mol. The number of pyridine rings is 1. The van der Waals surface area contributed by atoms with Crippen LogP contribution in [0.2, 0.25) is 0 Å². The normalized spacial score (nSPS) is 16.0. The summed E-state index contributed by atoms with van der Waals surface area (Å²) in [5.74, 6) is 0.678. The van der Waals surface area contributed by atoms with Gasteiger partial charge in [-0.05, 0) is 42.2 Å².